The highest BCUT2D eigenvalue weighted by molar-refractivity contribution is 6.18. The first-order chi connectivity index (χ1) is 5.76. The summed E-state index contributed by atoms with van der Waals surface area (Å²) in [4.78, 5) is 10.8. The normalized spacial score (nSPS) is 25.5. The minimum Gasteiger partial charge on any atom is -0.493 e. The Balaban J connectivity index is 2.45. The number of alkyl halides is 1. The molecule has 1 aliphatic heterocycles. The van der Waals surface area contributed by atoms with Gasteiger partial charge in [-0.25, -0.2) is 4.79 Å². The van der Waals surface area contributed by atoms with Gasteiger partial charge in [-0.15, -0.1) is 11.6 Å². The molecule has 0 N–H and O–H groups in total. The van der Waals surface area contributed by atoms with Gasteiger partial charge < -0.3 is 9.47 Å². The molecule has 0 saturated carbocycles. The number of hydrogen-bond acceptors (Lipinski definition) is 3. The summed E-state index contributed by atoms with van der Waals surface area (Å²) < 4.78 is 9.76. The molecule has 68 valence electrons. The summed E-state index contributed by atoms with van der Waals surface area (Å²) in [7, 11) is 1.34. The molecule has 0 radical (unpaired) electrons. The van der Waals surface area contributed by atoms with E-state index in [1.165, 1.54) is 13.2 Å². The number of hydrogen-bond donors (Lipinski definition) is 0. The highest BCUT2D eigenvalue weighted by atomic mass is 35.5. The molecule has 1 fully saturated rings. The van der Waals surface area contributed by atoms with Crippen molar-refractivity contribution >= 4 is 17.6 Å². The van der Waals surface area contributed by atoms with E-state index < -0.39 is 0 Å². The van der Waals surface area contributed by atoms with Crippen molar-refractivity contribution < 1.29 is 14.3 Å². The number of carbonyl (C=O) groups is 1. The van der Waals surface area contributed by atoms with Gasteiger partial charge in [0.1, 0.15) is 11.9 Å². The number of esters is 1. The van der Waals surface area contributed by atoms with Gasteiger partial charge >= 0.3 is 5.97 Å². The zero-order chi connectivity index (χ0) is 8.97. The molecule has 0 spiro atoms. The summed E-state index contributed by atoms with van der Waals surface area (Å²) in [5.74, 6) is 0.770. The fourth-order valence-electron chi connectivity index (χ4n) is 1.04. The van der Waals surface area contributed by atoms with Gasteiger partial charge in [0.05, 0.1) is 19.1 Å². The summed E-state index contributed by atoms with van der Waals surface area (Å²) in [5.41, 5.74) is 0. The van der Waals surface area contributed by atoms with Gasteiger partial charge in [0, 0.05) is 6.42 Å². The molecule has 0 aromatic heterocycles. The second-order valence-corrected chi connectivity index (χ2v) is 2.88. The third-order valence-electron chi connectivity index (χ3n) is 1.68. The van der Waals surface area contributed by atoms with Crippen molar-refractivity contribution in [3.8, 4) is 0 Å². The molecule has 0 aromatic carbocycles. The lowest BCUT2D eigenvalue weighted by molar-refractivity contribution is -0.135. The second-order valence-electron chi connectivity index (χ2n) is 2.57. The Kier molecular flexibility index (Phi) is 3.41. The minimum absolute atomic E-state index is 0.0579. The number of methoxy groups -OCH3 is 1. The molecule has 1 heterocycles. The van der Waals surface area contributed by atoms with Crippen LogP contribution in [-0.2, 0) is 14.3 Å². The van der Waals surface area contributed by atoms with Crippen molar-refractivity contribution in [3.63, 3.8) is 0 Å². The molecule has 0 unspecified atom stereocenters. The van der Waals surface area contributed by atoms with Gasteiger partial charge in [0.15, 0.2) is 0 Å². The SMILES string of the molecule is COC(=O)/C=C1\CC[C@H](CCl)O1. The van der Waals surface area contributed by atoms with E-state index >= 15 is 0 Å². The monoisotopic (exact) mass is 190 g/mol. The van der Waals surface area contributed by atoms with Crippen LogP contribution in [0.1, 0.15) is 12.8 Å². The van der Waals surface area contributed by atoms with Crippen molar-refractivity contribution in [2.75, 3.05) is 13.0 Å². The van der Waals surface area contributed by atoms with Crippen LogP contribution in [0.4, 0.5) is 0 Å². The number of rotatable bonds is 2. The molecule has 1 aliphatic rings. The summed E-state index contributed by atoms with van der Waals surface area (Å²) in [5, 5.41) is 0. The average Bonchev–Trinajstić information content (AvgIpc) is 2.52. The molecule has 1 atom stereocenters. The molecule has 1 rings (SSSR count). The van der Waals surface area contributed by atoms with Crippen molar-refractivity contribution in [1.29, 1.82) is 0 Å². The Morgan fingerprint density at radius 3 is 3.17 bits per heavy atom. The quantitative estimate of drug-likeness (QED) is 0.376. The zero-order valence-electron chi connectivity index (χ0n) is 6.88. The van der Waals surface area contributed by atoms with Crippen LogP contribution in [-0.4, -0.2) is 25.1 Å². The lowest BCUT2D eigenvalue weighted by Crippen LogP contribution is -2.05. The van der Waals surface area contributed by atoms with E-state index in [0.717, 1.165) is 12.8 Å². The van der Waals surface area contributed by atoms with Gasteiger partial charge in [-0.2, -0.15) is 0 Å². The van der Waals surface area contributed by atoms with Gasteiger partial charge in [-0.05, 0) is 6.42 Å². The van der Waals surface area contributed by atoms with Crippen LogP contribution in [0.2, 0.25) is 0 Å². The van der Waals surface area contributed by atoms with Crippen LogP contribution in [0.15, 0.2) is 11.8 Å². The Hall–Kier alpha value is -0.700. The number of carbonyl (C=O) groups excluding carboxylic acids is 1. The van der Waals surface area contributed by atoms with Crippen LogP contribution in [0.25, 0.3) is 0 Å². The van der Waals surface area contributed by atoms with Gasteiger partial charge in [0.25, 0.3) is 0 Å². The maximum atomic E-state index is 10.8. The highest BCUT2D eigenvalue weighted by Crippen LogP contribution is 2.23. The van der Waals surface area contributed by atoms with Crippen LogP contribution in [0.5, 0.6) is 0 Å². The second kappa shape index (κ2) is 4.36. The number of allylic oxidation sites excluding steroid dienone is 1. The van der Waals surface area contributed by atoms with Crippen LogP contribution < -0.4 is 0 Å². The largest absolute Gasteiger partial charge is 0.493 e. The predicted molar refractivity (Wildman–Crippen MR) is 44.9 cm³/mol. The lowest BCUT2D eigenvalue weighted by atomic mass is 10.2. The van der Waals surface area contributed by atoms with E-state index in [1.54, 1.807) is 0 Å². The zero-order valence-corrected chi connectivity index (χ0v) is 7.63. The maximum Gasteiger partial charge on any atom is 0.333 e. The van der Waals surface area contributed by atoms with E-state index in [-0.39, 0.29) is 12.1 Å². The molecule has 1 saturated heterocycles. The summed E-state index contributed by atoms with van der Waals surface area (Å²) in [6.45, 7) is 0. The topological polar surface area (TPSA) is 35.5 Å². The first kappa shape index (κ1) is 9.39. The molecule has 12 heavy (non-hydrogen) atoms. The number of halogens is 1. The summed E-state index contributed by atoms with van der Waals surface area (Å²) in [6, 6.07) is 0. The van der Waals surface area contributed by atoms with E-state index in [1.807, 2.05) is 0 Å². The molecular weight excluding hydrogens is 180 g/mol. The Labute approximate surface area is 76.3 Å². The van der Waals surface area contributed by atoms with E-state index in [9.17, 15) is 4.79 Å². The van der Waals surface area contributed by atoms with Gasteiger partial charge in [-0.3, -0.25) is 0 Å². The minimum atomic E-state index is -0.375. The molecule has 0 bridgehead atoms. The fourth-order valence-corrected chi connectivity index (χ4v) is 1.26. The molecular formula is C8H11ClO3. The third-order valence-corrected chi connectivity index (χ3v) is 2.03. The standard InChI is InChI=1S/C8H11ClO3/c1-11-8(10)4-6-2-3-7(5-9)12-6/h4,7H,2-3,5H2,1H3/b6-4+/t7-/m1/s1. The van der Waals surface area contributed by atoms with Gasteiger partial charge in [-0.1, -0.05) is 0 Å². The molecule has 0 amide bonds. The van der Waals surface area contributed by atoms with Crippen molar-refractivity contribution in [2.24, 2.45) is 0 Å². The Bertz CT molecular complexity index is 200. The predicted octanol–water partition coefficient (Wildman–Crippen LogP) is 1.46. The van der Waals surface area contributed by atoms with Crippen molar-refractivity contribution in [1.82, 2.24) is 0 Å². The summed E-state index contributed by atoms with van der Waals surface area (Å²) >= 11 is 5.58. The van der Waals surface area contributed by atoms with Crippen molar-refractivity contribution in [3.05, 3.63) is 11.8 Å². The van der Waals surface area contributed by atoms with E-state index in [4.69, 9.17) is 16.3 Å². The molecule has 4 heteroatoms. The number of ether oxygens (including phenoxy) is 2. The van der Waals surface area contributed by atoms with Crippen molar-refractivity contribution in [2.45, 2.75) is 18.9 Å². The van der Waals surface area contributed by atoms with Crippen LogP contribution in [0.3, 0.4) is 0 Å². The first-order valence-corrected chi connectivity index (χ1v) is 4.31. The van der Waals surface area contributed by atoms with E-state index in [2.05, 4.69) is 4.74 Å². The average molecular weight is 191 g/mol. The third kappa shape index (κ3) is 2.41. The molecule has 0 aromatic rings. The van der Waals surface area contributed by atoms with Gasteiger partial charge in [0.2, 0.25) is 0 Å². The smallest absolute Gasteiger partial charge is 0.333 e. The molecule has 3 nitrogen and oxygen atoms in total. The fraction of sp³-hybridized carbons (Fsp3) is 0.625. The van der Waals surface area contributed by atoms with Crippen LogP contribution >= 0.6 is 11.6 Å². The maximum absolute atomic E-state index is 10.8. The summed E-state index contributed by atoms with van der Waals surface area (Å²) in [6.07, 6.45) is 3.08. The first-order valence-electron chi connectivity index (χ1n) is 3.77. The Morgan fingerprint density at radius 1 is 1.92 bits per heavy atom. The van der Waals surface area contributed by atoms with Crippen LogP contribution in [0, 0.1) is 0 Å². The highest BCUT2D eigenvalue weighted by Gasteiger charge is 2.20. The lowest BCUT2D eigenvalue weighted by Gasteiger charge is -2.04. The Morgan fingerprint density at radius 2 is 2.67 bits per heavy atom. The van der Waals surface area contributed by atoms with E-state index in [0.29, 0.717) is 11.6 Å². The molecule has 0 aliphatic carbocycles.